The summed E-state index contributed by atoms with van der Waals surface area (Å²) in [7, 11) is 2.79. The molecule has 2 aliphatic heterocycles. The number of nitrogens with one attached hydrogen (secondary N) is 1. The highest BCUT2D eigenvalue weighted by atomic mass is 16.6. The minimum absolute atomic E-state index is 0.00519. The van der Waals surface area contributed by atoms with Crippen molar-refractivity contribution in [3.63, 3.8) is 0 Å². The van der Waals surface area contributed by atoms with Crippen LogP contribution in [0.2, 0.25) is 0 Å². The van der Waals surface area contributed by atoms with Crippen molar-refractivity contribution in [1.82, 2.24) is 5.32 Å². The summed E-state index contributed by atoms with van der Waals surface area (Å²) in [5, 5.41) is 56.4. The molecule has 6 N–H and O–H groups in total. The summed E-state index contributed by atoms with van der Waals surface area (Å²) in [5.74, 6) is -2.56. The number of phenolic OH excluding ortho intramolecular Hbond substituents is 2. The number of aliphatic hydroxyl groups is 3. The number of esters is 1. The van der Waals surface area contributed by atoms with Crippen LogP contribution in [0.25, 0.3) is 0 Å². The highest BCUT2D eigenvalue weighted by Gasteiger charge is 2.48. The van der Waals surface area contributed by atoms with Crippen LogP contribution in [0, 0.1) is 18.3 Å². The van der Waals surface area contributed by atoms with Crippen molar-refractivity contribution in [2.45, 2.75) is 102 Å². The molecule has 0 bridgehead atoms. The van der Waals surface area contributed by atoms with Crippen LogP contribution in [0.5, 0.6) is 11.5 Å². The number of hydrogen-bond donors (Lipinski definition) is 6. The maximum atomic E-state index is 13.1. The summed E-state index contributed by atoms with van der Waals surface area (Å²) in [6, 6.07) is 10.4. The molecule has 0 aromatic heterocycles. The number of aromatic hydroxyl groups is 2. The normalized spacial score (nSPS) is 25.8. The first-order valence-electron chi connectivity index (χ1n) is 15.5. The summed E-state index contributed by atoms with van der Waals surface area (Å²) in [6.45, 7) is 7.01. The number of cyclic esters (lactones) is 1. The molecule has 2 heterocycles. The molecular weight excluding hydrogens is 598 g/mol. The molecule has 2 aliphatic rings. The summed E-state index contributed by atoms with van der Waals surface area (Å²) in [5.41, 5.74) is 1.00. The zero-order valence-corrected chi connectivity index (χ0v) is 27.2. The van der Waals surface area contributed by atoms with Gasteiger partial charge in [-0.3, -0.25) is 4.79 Å². The molecule has 2 aromatic rings. The Morgan fingerprint density at radius 1 is 1.09 bits per heavy atom. The second kappa shape index (κ2) is 14.7. The van der Waals surface area contributed by atoms with Gasteiger partial charge in [-0.2, -0.15) is 0 Å². The van der Waals surface area contributed by atoms with Crippen LogP contribution in [-0.4, -0.2) is 101 Å². The molecule has 4 rings (SSSR count). The molecule has 1 fully saturated rings. The Bertz CT molecular complexity index is 1370. The van der Waals surface area contributed by atoms with E-state index in [1.165, 1.54) is 14.2 Å². The van der Waals surface area contributed by atoms with E-state index in [0.29, 0.717) is 17.5 Å². The van der Waals surface area contributed by atoms with Crippen molar-refractivity contribution in [1.29, 1.82) is 0 Å². The largest absolute Gasteiger partial charge is 0.508 e. The lowest BCUT2D eigenvalue weighted by molar-refractivity contribution is -0.217. The van der Waals surface area contributed by atoms with Gasteiger partial charge in [-0.25, -0.2) is 4.79 Å². The van der Waals surface area contributed by atoms with Crippen molar-refractivity contribution in [3.05, 3.63) is 58.7 Å². The van der Waals surface area contributed by atoms with Gasteiger partial charge in [0.2, 0.25) is 0 Å². The average Bonchev–Trinajstić information content (AvgIpc) is 3.02. The predicted octanol–water partition coefficient (Wildman–Crippen LogP) is 2.13. The van der Waals surface area contributed by atoms with Crippen LogP contribution in [-0.2, 0) is 36.6 Å². The number of phenols is 2. The molecule has 0 spiro atoms. The van der Waals surface area contributed by atoms with Crippen LogP contribution in [0.15, 0.2) is 36.4 Å². The molecule has 1 saturated heterocycles. The van der Waals surface area contributed by atoms with E-state index < -0.39 is 72.2 Å². The predicted molar refractivity (Wildman–Crippen MR) is 166 cm³/mol. The third-order valence-electron chi connectivity index (χ3n) is 9.75. The number of amides is 1. The van der Waals surface area contributed by atoms with Crippen molar-refractivity contribution in [2.24, 2.45) is 11.3 Å². The van der Waals surface area contributed by atoms with Gasteiger partial charge in [0.1, 0.15) is 29.3 Å². The van der Waals surface area contributed by atoms with E-state index in [1.807, 2.05) is 44.2 Å². The van der Waals surface area contributed by atoms with Gasteiger partial charge >= 0.3 is 5.97 Å². The Hall–Kier alpha value is -3.26. The Morgan fingerprint density at radius 2 is 1.76 bits per heavy atom. The zero-order chi connectivity index (χ0) is 33.9. The number of aliphatic hydroxyl groups excluding tert-OH is 3. The minimum Gasteiger partial charge on any atom is -0.508 e. The van der Waals surface area contributed by atoms with Crippen LogP contribution < -0.4 is 5.32 Å². The van der Waals surface area contributed by atoms with E-state index in [4.69, 9.17) is 18.9 Å². The molecular formula is C34H47NO11. The minimum atomic E-state index is -1.51. The van der Waals surface area contributed by atoms with E-state index in [0.717, 1.165) is 11.6 Å². The van der Waals surface area contributed by atoms with Crippen LogP contribution in [0.4, 0.5) is 0 Å². The first kappa shape index (κ1) is 35.6. The van der Waals surface area contributed by atoms with Crippen molar-refractivity contribution >= 4 is 11.9 Å². The quantitative estimate of drug-likeness (QED) is 0.147. The lowest BCUT2D eigenvalue weighted by Gasteiger charge is -2.48. The highest BCUT2D eigenvalue weighted by Crippen LogP contribution is 2.42. The van der Waals surface area contributed by atoms with Crippen LogP contribution >= 0.6 is 0 Å². The first-order valence-corrected chi connectivity index (χ1v) is 15.5. The van der Waals surface area contributed by atoms with Gasteiger partial charge in [0, 0.05) is 57.3 Å². The highest BCUT2D eigenvalue weighted by molar-refractivity contribution is 5.96. The van der Waals surface area contributed by atoms with Gasteiger partial charge < -0.3 is 49.8 Å². The van der Waals surface area contributed by atoms with E-state index in [-0.39, 0.29) is 36.3 Å². The van der Waals surface area contributed by atoms with E-state index >= 15 is 0 Å². The molecule has 2 aromatic carbocycles. The molecule has 0 radical (unpaired) electrons. The Kier molecular flexibility index (Phi) is 11.3. The zero-order valence-electron chi connectivity index (χ0n) is 27.2. The van der Waals surface area contributed by atoms with Crippen LogP contribution in [0.1, 0.15) is 60.7 Å². The van der Waals surface area contributed by atoms with E-state index in [2.05, 4.69) is 5.32 Å². The molecule has 0 saturated carbocycles. The van der Waals surface area contributed by atoms with Gasteiger partial charge in [0.15, 0.2) is 12.3 Å². The maximum Gasteiger partial charge on any atom is 0.342 e. The standard InChI is InChI=1S/C34H47NO11/c1-17-20-13-24(46-33(42)29(20)23(38)14-21(17)36)18(2)22(37)15-28-34(3,4)27(39)16-26(45-28)32(44-6)35-31(41)30(40)25(43-5)12-19-10-8-7-9-11-19/h7-11,14,18,22,24-28,30,32,36-40H,12-13,15-16H2,1-6H3,(H,35,41)/t18-,22+,24-,25+,26?,27-,28-,30+,32-/m1/s1. The number of fused-ring (bicyclic) bond motifs is 1. The number of benzene rings is 2. The van der Waals surface area contributed by atoms with E-state index in [1.54, 1.807) is 13.8 Å². The van der Waals surface area contributed by atoms with Crippen molar-refractivity contribution < 1.29 is 54.1 Å². The number of carbonyl (C=O) groups excluding carboxylic acids is 2. The molecule has 1 amide bonds. The fourth-order valence-electron chi connectivity index (χ4n) is 6.31. The fraction of sp³-hybridized carbons (Fsp3) is 0.588. The lowest BCUT2D eigenvalue weighted by atomic mass is 9.73. The van der Waals surface area contributed by atoms with Crippen LogP contribution in [0.3, 0.4) is 0 Å². The van der Waals surface area contributed by atoms with Gasteiger partial charge in [0.05, 0.1) is 24.4 Å². The fourth-order valence-corrected chi connectivity index (χ4v) is 6.31. The van der Waals surface area contributed by atoms with Gasteiger partial charge in [-0.05, 0) is 23.6 Å². The number of ether oxygens (including phenoxy) is 4. The first-order chi connectivity index (χ1) is 21.7. The average molecular weight is 646 g/mol. The van der Waals surface area contributed by atoms with Gasteiger partial charge in [0.25, 0.3) is 5.91 Å². The van der Waals surface area contributed by atoms with Gasteiger partial charge in [-0.1, -0.05) is 51.1 Å². The summed E-state index contributed by atoms with van der Waals surface area (Å²) in [4.78, 5) is 25.9. The lowest BCUT2D eigenvalue weighted by Crippen LogP contribution is -2.59. The molecule has 12 heteroatoms. The molecule has 254 valence electrons. The van der Waals surface area contributed by atoms with Gasteiger partial charge in [-0.15, -0.1) is 0 Å². The number of carbonyl (C=O) groups is 2. The molecule has 9 atom stereocenters. The third kappa shape index (κ3) is 7.48. The SMILES string of the molecule is CO[C@@H](NC(=O)[C@@H](O)[C@H](Cc1ccccc1)OC)C1C[C@@H](O)C(C)(C)[C@@H](C[C@H](O)[C@@H](C)[C@H]2Cc3c(C)c(O)cc(O)c3C(=O)O2)O1. The summed E-state index contributed by atoms with van der Waals surface area (Å²) < 4.78 is 23.0. The second-order valence-electron chi connectivity index (χ2n) is 13.0. The molecule has 46 heavy (non-hydrogen) atoms. The third-order valence-corrected chi connectivity index (χ3v) is 9.75. The smallest absolute Gasteiger partial charge is 0.342 e. The Balaban J connectivity index is 1.43. The van der Waals surface area contributed by atoms with Crippen molar-refractivity contribution in [2.75, 3.05) is 14.2 Å². The summed E-state index contributed by atoms with van der Waals surface area (Å²) >= 11 is 0. The maximum absolute atomic E-state index is 13.1. The molecule has 12 nitrogen and oxygen atoms in total. The summed E-state index contributed by atoms with van der Waals surface area (Å²) in [6.07, 6.45) is -6.91. The monoisotopic (exact) mass is 645 g/mol. The molecule has 0 aliphatic carbocycles. The van der Waals surface area contributed by atoms with Crippen molar-refractivity contribution in [3.8, 4) is 11.5 Å². The topological polar surface area (TPSA) is 184 Å². The Morgan fingerprint density at radius 3 is 2.39 bits per heavy atom. The number of rotatable bonds is 12. The Labute approximate surface area is 269 Å². The molecule has 1 unspecified atom stereocenters. The van der Waals surface area contributed by atoms with E-state index in [9.17, 15) is 35.1 Å². The second-order valence-corrected chi connectivity index (χ2v) is 13.0. The number of methoxy groups -OCH3 is 2. The number of hydrogen-bond acceptors (Lipinski definition) is 11.